The highest BCUT2D eigenvalue weighted by Gasteiger charge is 2.34. The zero-order valence-electron chi connectivity index (χ0n) is 7.30. The molecule has 0 spiro atoms. The van der Waals surface area contributed by atoms with Crippen LogP contribution in [0.2, 0.25) is 0 Å². The molecule has 1 aromatic heterocycles. The standard InChI is InChI=1S/C9H9F3N2/c10-9(11,12)8-2-1-5-3-6(13)4-7(5)14-8/h1-2,6H,3-4,13H2. The van der Waals surface area contributed by atoms with Crippen LogP contribution in [0, 0.1) is 0 Å². The predicted molar refractivity (Wildman–Crippen MR) is 44.6 cm³/mol. The molecule has 0 bridgehead atoms. The molecule has 5 heteroatoms. The lowest BCUT2D eigenvalue weighted by Gasteiger charge is -2.06. The summed E-state index contributed by atoms with van der Waals surface area (Å²) in [6, 6.07) is 2.40. The molecule has 2 N–H and O–H groups in total. The van der Waals surface area contributed by atoms with Gasteiger partial charge in [0.25, 0.3) is 0 Å². The van der Waals surface area contributed by atoms with Gasteiger partial charge >= 0.3 is 6.18 Å². The monoisotopic (exact) mass is 202 g/mol. The van der Waals surface area contributed by atoms with Crippen LogP contribution in [0.15, 0.2) is 12.1 Å². The number of hydrogen-bond donors (Lipinski definition) is 1. The highest BCUT2D eigenvalue weighted by Crippen LogP contribution is 2.30. The van der Waals surface area contributed by atoms with Crippen LogP contribution >= 0.6 is 0 Å². The van der Waals surface area contributed by atoms with Gasteiger partial charge in [0.05, 0.1) is 0 Å². The fourth-order valence-corrected chi connectivity index (χ4v) is 1.65. The van der Waals surface area contributed by atoms with Gasteiger partial charge in [-0.1, -0.05) is 6.07 Å². The molecular weight excluding hydrogens is 193 g/mol. The molecule has 0 amide bonds. The van der Waals surface area contributed by atoms with Gasteiger partial charge in [0, 0.05) is 18.2 Å². The number of alkyl halides is 3. The van der Waals surface area contributed by atoms with Crippen LogP contribution in [-0.2, 0) is 19.0 Å². The van der Waals surface area contributed by atoms with Crippen molar-refractivity contribution in [3.05, 3.63) is 29.1 Å². The van der Waals surface area contributed by atoms with Gasteiger partial charge in [-0.2, -0.15) is 13.2 Å². The van der Waals surface area contributed by atoms with E-state index < -0.39 is 11.9 Å². The fourth-order valence-electron chi connectivity index (χ4n) is 1.65. The van der Waals surface area contributed by atoms with Gasteiger partial charge in [-0.3, -0.25) is 0 Å². The molecule has 2 nitrogen and oxygen atoms in total. The smallest absolute Gasteiger partial charge is 0.327 e. The summed E-state index contributed by atoms with van der Waals surface area (Å²) < 4.78 is 36.8. The first-order chi connectivity index (χ1) is 6.47. The van der Waals surface area contributed by atoms with Crippen molar-refractivity contribution in [2.45, 2.75) is 25.1 Å². The fraction of sp³-hybridized carbons (Fsp3) is 0.444. The average Bonchev–Trinajstić information content (AvgIpc) is 2.41. The lowest BCUT2D eigenvalue weighted by atomic mass is 10.2. The molecule has 1 aromatic rings. The molecular formula is C9H9F3N2. The van der Waals surface area contributed by atoms with Gasteiger partial charge in [-0.15, -0.1) is 0 Å². The molecule has 76 valence electrons. The van der Waals surface area contributed by atoms with Crippen molar-refractivity contribution in [3.63, 3.8) is 0 Å². The minimum Gasteiger partial charge on any atom is -0.327 e. The van der Waals surface area contributed by atoms with Crippen LogP contribution in [0.3, 0.4) is 0 Å². The highest BCUT2D eigenvalue weighted by atomic mass is 19.4. The molecule has 1 aliphatic carbocycles. The van der Waals surface area contributed by atoms with Crippen LogP contribution in [-0.4, -0.2) is 11.0 Å². The minimum absolute atomic E-state index is 0.0824. The van der Waals surface area contributed by atoms with E-state index in [4.69, 9.17) is 5.73 Å². The van der Waals surface area contributed by atoms with E-state index in [0.717, 1.165) is 11.6 Å². The lowest BCUT2D eigenvalue weighted by Crippen LogP contribution is -2.19. The van der Waals surface area contributed by atoms with E-state index in [1.165, 1.54) is 6.07 Å². The van der Waals surface area contributed by atoms with Crippen molar-refractivity contribution in [2.24, 2.45) is 5.73 Å². The number of hydrogen-bond acceptors (Lipinski definition) is 2. The first-order valence-electron chi connectivity index (χ1n) is 4.28. The van der Waals surface area contributed by atoms with Crippen LogP contribution in [0.4, 0.5) is 13.2 Å². The third-order valence-electron chi connectivity index (χ3n) is 2.30. The van der Waals surface area contributed by atoms with E-state index in [9.17, 15) is 13.2 Å². The van der Waals surface area contributed by atoms with Crippen LogP contribution in [0.5, 0.6) is 0 Å². The Morgan fingerprint density at radius 1 is 1.29 bits per heavy atom. The Labute approximate surface area is 78.9 Å². The molecule has 0 aromatic carbocycles. The largest absolute Gasteiger partial charge is 0.433 e. The molecule has 0 aliphatic heterocycles. The summed E-state index contributed by atoms with van der Waals surface area (Å²) in [6.45, 7) is 0. The van der Waals surface area contributed by atoms with Crippen LogP contribution in [0.25, 0.3) is 0 Å². The second-order valence-corrected chi connectivity index (χ2v) is 3.47. The Kier molecular flexibility index (Phi) is 1.99. The summed E-state index contributed by atoms with van der Waals surface area (Å²) in [5.41, 5.74) is 6.13. The zero-order valence-corrected chi connectivity index (χ0v) is 7.30. The maximum Gasteiger partial charge on any atom is 0.433 e. The third kappa shape index (κ3) is 1.59. The molecule has 1 unspecified atom stereocenters. The summed E-state index contributed by atoms with van der Waals surface area (Å²) >= 11 is 0. The average molecular weight is 202 g/mol. The van der Waals surface area contributed by atoms with Crippen molar-refractivity contribution in [1.29, 1.82) is 0 Å². The number of nitrogens with two attached hydrogens (primary N) is 1. The highest BCUT2D eigenvalue weighted by molar-refractivity contribution is 5.30. The summed E-state index contributed by atoms with van der Waals surface area (Å²) in [5, 5.41) is 0. The molecule has 0 saturated heterocycles. The normalized spacial score (nSPS) is 21.0. The Morgan fingerprint density at radius 2 is 2.00 bits per heavy atom. The van der Waals surface area contributed by atoms with Gasteiger partial charge in [-0.05, 0) is 18.1 Å². The topological polar surface area (TPSA) is 38.9 Å². The number of rotatable bonds is 0. The number of halogens is 3. The Hall–Kier alpha value is -1.10. The van der Waals surface area contributed by atoms with Gasteiger partial charge in [-0.25, -0.2) is 4.98 Å². The van der Waals surface area contributed by atoms with E-state index in [1.54, 1.807) is 0 Å². The van der Waals surface area contributed by atoms with E-state index in [2.05, 4.69) is 4.98 Å². The molecule has 2 rings (SSSR count). The lowest BCUT2D eigenvalue weighted by molar-refractivity contribution is -0.141. The summed E-state index contributed by atoms with van der Waals surface area (Å²) in [4.78, 5) is 3.57. The number of fused-ring (bicyclic) bond motifs is 1. The van der Waals surface area contributed by atoms with Crippen LogP contribution in [0.1, 0.15) is 17.0 Å². The second-order valence-electron chi connectivity index (χ2n) is 3.47. The maximum atomic E-state index is 12.3. The van der Waals surface area contributed by atoms with Gasteiger partial charge in [0.2, 0.25) is 0 Å². The summed E-state index contributed by atoms with van der Waals surface area (Å²) in [7, 11) is 0. The third-order valence-corrected chi connectivity index (χ3v) is 2.30. The first kappa shape index (κ1) is 9.45. The SMILES string of the molecule is NC1Cc2ccc(C(F)(F)F)nc2C1. The predicted octanol–water partition coefficient (Wildman–Crippen LogP) is 1.53. The molecule has 1 heterocycles. The van der Waals surface area contributed by atoms with E-state index in [-0.39, 0.29) is 6.04 Å². The van der Waals surface area contributed by atoms with E-state index in [0.29, 0.717) is 18.5 Å². The molecule has 0 saturated carbocycles. The first-order valence-corrected chi connectivity index (χ1v) is 4.28. The molecule has 14 heavy (non-hydrogen) atoms. The van der Waals surface area contributed by atoms with Crippen LogP contribution < -0.4 is 5.73 Å². The van der Waals surface area contributed by atoms with Crippen molar-refractivity contribution >= 4 is 0 Å². The summed E-state index contributed by atoms with van der Waals surface area (Å²) in [5.74, 6) is 0. The number of aromatic nitrogens is 1. The van der Waals surface area contributed by atoms with Crippen molar-refractivity contribution in [1.82, 2.24) is 4.98 Å². The van der Waals surface area contributed by atoms with Crippen molar-refractivity contribution in [2.75, 3.05) is 0 Å². The summed E-state index contributed by atoms with van der Waals surface area (Å²) in [6.07, 6.45) is -3.29. The van der Waals surface area contributed by atoms with Crippen molar-refractivity contribution in [3.8, 4) is 0 Å². The van der Waals surface area contributed by atoms with E-state index >= 15 is 0 Å². The Balaban J connectivity index is 2.38. The quantitative estimate of drug-likeness (QED) is 0.692. The number of pyridine rings is 1. The maximum absolute atomic E-state index is 12.3. The number of nitrogens with zero attached hydrogens (tertiary/aromatic N) is 1. The zero-order chi connectivity index (χ0) is 10.3. The van der Waals surface area contributed by atoms with E-state index in [1.807, 2.05) is 0 Å². The second kappa shape index (κ2) is 2.95. The minimum atomic E-state index is -4.36. The molecule has 0 fully saturated rings. The Bertz CT molecular complexity index is 360. The molecule has 1 atom stereocenters. The van der Waals surface area contributed by atoms with Crippen molar-refractivity contribution < 1.29 is 13.2 Å². The molecule has 0 radical (unpaired) electrons. The van der Waals surface area contributed by atoms with Gasteiger partial charge in [0.15, 0.2) is 0 Å². The Morgan fingerprint density at radius 3 is 2.64 bits per heavy atom. The van der Waals surface area contributed by atoms with Gasteiger partial charge < -0.3 is 5.73 Å². The van der Waals surface area contributed by atoms with Gasteiger partial charge in [0.1, 0.15) is 5.69 Å². The molecule has 1 aliphatic rings.